The van der Waals surface area contributed by atoms with E-state index in [9.17, 15) is 4.79 Å². The molecule has 0 fully saturated rings. The molecule has 0 aromatic heterocycles. The summed E-state index contributed by atoms with van der Waals surface area (Å²) in [5, 5.41) is 11.8. The van der Waals surface area contributed by atoms with Crippen LogP contribution in [-0.2, 0) is 4.79 Å². The molecule has 0 radical (unpaired) electrons. The Morgan fingerprint density at radius 2 is 2.11 bits per heavy atom. The summed E-state index contributed by atoms with van der Waals surface area (Å²) in [5.41, 5.74) is 1.96. The van der Waals surface area contributed by atoms with E-state index in [1.54, 1.807) is 7.05 Å². The fourth-order valence-corrected chi connectivity index (χ4v) is 2.11. The lowest BCUT2D eigenvalue weighted by Gasteiger charge is -2.25. The number of aliphatic carboxylic acids is 1. The van der Waals surface area contributed by atoms with E-state index in [1.165, 1.54) is 0 Å². The number of fused-ring (bicyclic) bond motifs is 1. The second-order valence-electron chi connectivity index (χ2n) is 4.55. The first kappa shape index (κ1) is 13.5. The lowest BCUT2D eigenvalue weighted by Crippen LogP contribution is -2.43. The van der Waals surface area contributed by atoms with Crippen molar-refractivity contribution in [1.29, 1.82) is 0 Å². The summed E-state index contributed by atoms with van der Waals surface area (Å²) < 4.78 is 10.6. The SMILES string of the molecule is CNC(CN(C)c1cc2c(cc1C)OCO2)C(=O)O. The van der Waals surface area contributed by atoms with Crippen molar-refractivity contribution < 1.29 is 19.4 Å². The molecule has 1 aliphatic rings. The van der Waals surface area contributed by atoms with Crippen LogP contribution in [0.25, 0.3) is 0 Å². The van der Waals surface area contributed by atoms with Gasteiger partial charge in [-0.05, 0) is 25.6 Å². The standard InChI is InChI=1S/C13H18N2O4/c1-8-4-11-12(19-7-18-11)5-10(8)15(3)6-9(14-2)13(16)17/h4-5,9,14H,6-7H2,1-3H3,(H,16,17). The number of nitrogens with zero attached hydrogens (tertiary/aromatic N) is 1. The zero-order chi connectivity index (χ0) is 14.0. The molecule has 2 N–H and O–H groups in total. The van der Waals surface area contributed by atoms with Crippen LogP contribution in [0, 0.1) is 6.92 Å². The Morgan fingerprint density at radius 1 is 1.47 bits per heavy atom. The van der Waals surface area contributed by atoms with E-state index in [1.807, 2.05) is 31.0 Å². The fourth-order valence-electron chi connectivity index (χ4n) is 2.11. The number of aryl methyl sites for hydroxylation is 1. The van der Waals surface area contributed by atoms with Crippen LogP contribution in [0.15, 0.2) is 12.1 Å². The number of likely N-dealkylation sites (N-methyl/N-ethyl adjacent to an activating group) is 2. The molecule has 1 aliphatic heterocycles. The van der Waals surface area contributed by atoms with Crippen LogP contribution >= 0.6 is 0 Å². The van der Waals surface area contributed by atoms with Gasteiger partial charge in [0.05, 0.1) is 0 Å². The first-order valence-electron chi connectivity index (χ1n) is 6.04. The largest absolute Gasteiger partial charge is 0.480 e. The van der Waals surface area contributed by atoms with Gasteiger partial charge in [-0.15, -0.1) is 0 Å². The van der Waals surface area contributed by atoms with Crippen molar-refractivity contribution in [3.05, 3.63) is 17.7 Å². The molecule has 1 atom stereocenters. The van der Waals surface area contributed by atoms with Crippen LogP contribution < -0.4 is 19.7 Å². The van der Waals surface area contributed by atoms with Gasteiger partial charge in [0.1, 0.15) is 6.04 Å². The Morgan fingerprint density at radius 3 is 2.68 bits per heavy atom. The van der Waals surface area contributed by atoms with E-state index in [2.05, 4.69) is 5.32 Å². The van der Waals surface area contributed by atoms with Gasteiger partial charge in [-0.2, -0.15) is 0 Å². The van der Waals surface area contributed by atoms with Gasteiger partial charge in [-0.3, -0.25) is 4.79 Å². The molecule has 0 aliphatic carbocycles. The second kappa shape index (κ2) is 5.36. The number of anilines is 1. The fraction of sp³-hybridized carbons (Fsp3) is 0.462. The second-order valence-corrected chi connectivity index (χ2v) is 4.55. The van der Waals surface area contributed by atoms with Gasteiger partial charge in [0.2, 0.25) is 6.79 Å². The third-order valence-electron chi connectivity index (χ3n) is 3.21. The van der Waals surface area contributed by atoms with Crippen LogP contribution in [0.4, 0.5) is 5.69 Å². The molecule has 6 nitrogen and oxygen atoms in total. The molecule has 0 saturated carbocycles. The van der Waals surface area contributed by atoms with Gasteiger partial charge < -0.3 is 24.8 Å². The molecule has 6 heteroatoms. The maximum atomic E-state index is 11.0. The number of rotatable bonds is 5. The number of carbonyl (C=O) groups is 1. The van der Waals surface area contributed by atoms with Gasteiger partial charge in [0.15, 0.2) is 11.5 Å². The Hall–Kier alpha value is -1.95. The van der Waals surface area contributed by atoms with Gasteiger partial charge in [-0.25, -0.2) is 0 Å². The minimum absolute atomic E-state index is 0.232. The molecule has 0 bridgehead atoms. The van der Waals surface area contributed by atoms with Crippen LogP contribution in [0.1, 0.15) is 5.56 Å². The number of benzene rings is 1. The number of ether oxygens (including phenoxy) is 2. The van der Waals surface area contributed by atoms with Gasteiger partial charge in [0, 0.05) is 25.3 Å². The summed E-state index contributed by atoms with van der Waals surface area (Å²) in [6.07, 6.45) is 0. The first-order valence-corrected chi connectivity index (χ1v) is 6.04. The molecule has 19 heavy (non-hydrogen) atoms. The van der Waals surface area contributed by atoms with E-state index in [0.717, 1.165) is 17.0 Å². The molecule has 1 aromatic rings. The van der Waals surface area contributed by atoms with Gasteiger partial charge >= 0.3 is 5.97 Å². The summed E-state index contributed by atoms with van der Waals surface area (Å²) in [6.45, 7) is 2.56. The third-order valence-corrected chi connectivity index (χ3v) is 3.21. The summed E-state index contributed by atoms with van der Waals surface area (Å²) in [6, 6.07) is 3.17. The highest BCUT2D eigenvalue weighted by Gasteiger charge is 2.21. The summed E-state index contributed by atoms with van der Waals surface area (Å²) in [4.78, 5) is 12.9. The summed E-state index contributed by atoms with van der Waals surface area (Å²) >= 11 is 0. The number of carboxylic acid groups (broad SMARTS) is 1. The molecule has 1 heterocycles. The molecule has 104 valence electrons. The number of carboxylic acids is 1. The van der Waals surface area contributed by atoms with Crippen molar-refractivity contribution in [2.24, 2.45) is 0 Å². The first-order chi connectivity index (χ1) is 9.02. The quantitative estimate of drug-likeness (QED) is 0.822. The van der Waals surface area contributed by atoms with E-state index < -0.39 is 12.0 Å². The van der Waals surface area contributed by atoms with E-state index in [0.29, 0.717) is 12.3 Å². The highest BCUT2D eigenvalue weighted by molar-refractivity contribution is 5.74. The number of hydrogen-bond donors (Lipinski definition) is 2. The van der Waals surface area contributed by atoms with Crippen molar-refractivity contribution in [3.63, 3.8) is 0 Å². The summed E-state index contributed by atoms with van der Waals surface area (Å²) in [7, 11) is 3.50. The Labute approximate surface area is 111 Å². The topological polar surface area (TPSA) is 71.0 Å². The van der Waals surface area contributed by atoms with Crippen molar-refractivity contribution in [2.75, 3.05) is 32.3 Å². The van der Waals surface area contributed by atoms with Crippen LogP contribution in [0.3, 0.4) is 0 Å². The minimum Gasteiger partial charge on any atom is -0.480 e. The minimum atomic E-state index is -0.868. The smallest absolute Gasteiger partial charge is 0.322 e. The van der Waals surface area contributed by atoms with E-state index in [4.69, 9.17) is 14.6 Å². The molecule has 0 spiro atoms. The Balaban J connectivity index is 2.19. The van der Waals surface area contributed by atoms with E-state index >= 15 is 0 Å². The summed E-state index contributed by atoms with van der Waals surface area (Å²) in [5.74, 6) is 0.564. The van der Waals surface area contributed by atoms with Crippen molar-refractivity contribution >= 4 is 11.7 Å². The molecule has 0 amide bonds. The molecular formula is C13H18N2O4. The van der Waals surface area contributed by atoms with Crippen molar-refractivity contribution in [1.82, 2.24) is 5.32 Å². The molecular weight excluding hydrogens is 248 g/mol. The van der Waals surface area contributed by atoms with Crippen LogP contribution in [0.5, 0.6) is 11.5 Å². The molecule has 0 saturated heterocycles. The lowest BCUT2D eigenvalue weighted by atomic mass is 10.1. The zero-order valence-corrected chi connectivity index (χ0v) is 11.3. The normalized spacial score (nSPS) is 14.3. The maximum Gasteiger partial charge on any atom is 0.322 e. The third kappa shape index (κ3) is 2.73. The Kier molecular flexibility index (Phi) is 3.80. The maximum absolute atomic E-state index is 11.0. The molecule has 1 unspecified atom stereocenters. The van der Waals surface area contributed by atoms with Crippen molar-refractivity contribution in [3.8, 4) is 11.5 Å². The average Bonchev–Trinajstić information content (AvgIpc) is 2.81. The predicted octanol–water partition coefficient (Wildman–Crippen LogP) is 0.833. The Bertz CT molecular complexity index is 490. The number of hydrogen-bond acceptors (Lipinski definition) is 5. The number of nitrogens with one attached hydrogen (secondary N) is 1. The molecule has 2 rings (SSSR count). The monoisotopic (exact) mass is 266 g/mol. The van der Waals surface area contributed by atoms with Gasteiger partial charge in [0.25, 0.3) is 0 Å². The molecule has 1 aromatic carbocycles. The predicted molar refractivity (Wildman–Crippen MR) is 71.1 cm³/mol. The average molecular weight is 266 g/mol. The zero-order valence-electron chi connectivity index (χ0n) is 11.3. The van der Waals surface area contributed by atoms with E-state index in [-0.39, 0.29) is 6.79 Å². The highest BCUT2D eigenvalue weighted by Crippen LogP contribution is 2.37. The van der Waals surface area contributed by atoms with Crippen LogP contribution in [-0.4, -0.2) is 44.6 Å². The van der Waals surface area contributed by atoms with Crippen molar-refractivity contribution in [2.45, 2.75) is 13.0 Å². The highest BCUT2D eigenvalue weighted by atomic mass is 16.7. The van der Waals surface area contributed by atoms with Gasteiger partial charge in [-0.1, -0.05) is 0 Å². The lowest BCUT2D eigenvalue weighted by molar-refractivity contribution is -0.139. The van der Waals surface area contributed by atoms with Crippen LogP contribution in [0.2, 0.25) is 0 Å².